The lowest BCUT2D eigenvalue weighted by Crippen LogP contribution is -1.99. The Morgan fingerprint density at radius 2 is 1.92 bits per heavy atom. The lowest BCUT2D eigenvalue weighted by Gasteiger charge is -2.10. The number of hydrogen-bond donors (Lipinski definition) is 1. The number of carbonyl (C=O) groups is 1. The number of hydrogen-bond acceptors (Lipinski definition) is 3. The van der Waals surface area contributed by atoms with Gasteiger partial charge in [0.05, 0.1) is 10.6 Å². The number of pyridine rings is 1. The molecule has 0 bridgehead atoms. The summed E-state index contributed by atoms with van der Waals surface area (Å²) >= 11 is 6.28. The summed E-state index contributed by atoms with van der Waals surface area (Å²) in [5.41, 5.74) is 2.32. The van der Waals surface area contributed by atoms with Crippen LogP contribution in [0.25, 0.3) is 10.9 Å². The molecule has 0 aliphatic carbocycles. The van der Waals surface area contributed by atoms with Crippen molar-refractivity contribution in [2.75, 3.05) is 0 Å². The topological polar surface area (TPSA) is 50.2 Å². The minimum absolute atomic E-state index is 0.144. The maximum atomic E-state index is 13.0. The second kappa shape index (κ2) is 6.57. The zero-order chi connectivity index (χ0) is 17.3. The van der Waals surface area contributed by atoms with Gasteiger partial charge in [0.15, 0.2) is 11.5 Å². The van der Waals surface area contributed by atoms with Crippen LogP contribution in [0.4, 0.5) is 4.39 Å². The van der Waals surface area contributed by atoms with Crippen LogP contribution in [0.2, 0.25) is 5.02 Å². The fourth-order valence-electron chi connectivity index (χ4n) is 2.62. The van der Waals surface area contributed by atoms with Gasteiger partial charge in [0.25, 0.3) is 0 Å². The zero-order valence-corrected chi connectivity index (χ0v) is 13.8. The van der Waals surface area contributed by atoms with Crippen LogP contribution in [0.15, 0.2) is 42.6 Å². The maximum absolute atomic E-state index is 13.0. The summed E-state index contributed by atoms with van der Waals surface area (Å²) in [6.45, 7) is 1.72. The number of phenolic OH excluding ortho intramolecular Hbond substituents is 1. The van der Waals surface area contributed by atoms with Crippen LogP contribution < -0.4 is 0 Å². The van der Waals surface area contributed by atoms with E-state index in [9.17, 15) is 14.3 Å². The van der Waals surface area contributed by atoms with Crippen molar-refractivity contribution >= 4 is 28.3 Å². The van der Waals surface area contributed by atoms with Crippen molar-refractivity contribution in [2.24, 2.45) is 0 Å². The molecule has 0 fully saturated rings. The SMILES string of the molecule is CCC(=O)c1cc(Cl)c2cc(Cc3ccc(F)cc3)cnc2c1O. The Balaban J connectivity index is 2.04. The predicted molar refractivity (Wildman–Crippen MR) is 92.2 cm³/mol. The van der Waals surface area contributed by atoms with Crippen molar-refractivity contribution < 1.29 is 14.3 Å². The molecule has 5 heteroatoms. The molecule has 0 atom stereocenters. The van der Waals surface area contributed by atoms with Crippen molar-refractivity contribution in [1.82, 2.24) is 4.98 Å². The molecule has 24 heavy (non-hydrogen) atoms. The van der Waals surface area contributed by atoms with Crippen LogP contribution in [0.3, 0.4) is 0 Å². The van der Waals surface area contributed by atoms with E-state index in [1.807, 2.05) is 6.07 Å². The van der Waals surface area contributed by atoms with E-state index in [4.69, 9.17) is 11.6 Å². The van der Waals surface area contributed by atoms with Gasteiger partial charge in [-0.1, -0.05) is 30.7 Å². The molecule has 0 saturated carbocycles. The second-order valence-electron chi connectivity index (χ2n) is 5.57. The minimum atomic E-state index is -0.281. The van der Waals surface area contributed by atoms with Crippen LogP contribution >= 0.6 is 11.6 Å². The van der Waals surface area contributed by atoms with Gasteiger partial charge in [-0.25, -0.2) is 4.39 Å². The molecule has 1 N–H and O–H groups in total. The number of Topliss-reactive ketones (excluding diaryl/α,β-unsaturated/α-hetero) is 1. The van der Waals surface area contributed by atoms with Gasteiger partial charge < -0.3 is 5.11 Å². The molecule has 0 amide bonds. The number of aromatic hydroxyl groups is 1. The summed E-state index contributed by atoms with van der Waals surface area (Å²) in [4.78, 5) is 16.2. The van der Waals surface area contributed by atoms with Crippen molar-refractivity contribution in [3.8, 4) is 5.75 Å². The summed E-state index contributed by atoms with van der Waals surface area (Å²) in [5, 5.41) is 11.3. The first-order valence-corrected chi connectivity index (χ1v) is 7.95. The fourth-order valence-corrected chi connectivity index (χ4v) is 2.87. The normalized spacial score (nSPS) is 11.0. The molecule has 1 heterocycles. The summed E-state index contributed by atoms with van der Waals surface area (Å²) in [6, 6.07) is 9.54. The Labute approximate surface area is 143 Å². The van der Waals surface area contributed by atoms with Crippen LogP contribution in [-0.2, 0) is 6.42 Å². The van der Waals surface area contributed by atoms with Crippen molar-refractivity contribution in [1.29, 1.82) is 0 Å². The Hall–Kier alpha value is -2.46. The first-order chi connectivity index (χ1) is 11.5. The summed E-state index contributed by atoms with van der Waals surface area (Å²) < 4.78 is 13.0. The molecule has 0 aliphatic rings. The molecule has 122 valence electrons. The molecule has 1 aromatic heterocycles. The molecular weight excluding hydrogens is 329 g/mol. The molecule has 0 spiro atoms. The first-order valence-electron chi connectivity index (χ1n) is 7.57. The van der Waals surface area contributed by atoms with Gasteiger partial charge in [-0.15, -0.1) is 0 Å². The summed E-state index contributed by atoms with van der Waals surface area (Å²) in [6.07, 6.45) is 2.47. The molecule has 3 aromatic rings. The molecule has 3 rings (SSSR count). The molecular formula is C19H15ClFNO2. The summed E-state index contributed by atoms with van der Waals surface area (Å²) in [7, 11) is 0. The lowest BCUT2D eigenvalue weighted by atomic mass is 10.0. The Bertz CT molecular complexity index is 923. The van der Waals surface area contributed by atoms with Gasteiger partial charge in [0.2, 0.25) is 0 Å². The highest BCUT2D eigenvalue weighted by molar-refractivity contribution is 6.36. The zero-order valence-electron chi connectivity index (χ0n) is 13.0. The van der Waals surface area contributed by atoms with E-state index in [0.717, 1.165) is 11.1 Å². The van der Waals surface area contributed by atoms with E-state index in [-0.39, 0.29) is 29.3 Å². The molecule has 0 unspecified atom stereocenters. The van der Waals surface area contributed by atoms with Crippen LogP contribution in [0, 0.1) is 5.82 Å². The Morgan fingerprint density at radius 3 is 2.58 bits per heavy atom. The third-order valence-corrected chi connectivity index (χ3v) is 4.21. The van der Waals surface area contributed by atoms with Crippen molar-refractivity contribution in [3.63, 3.8) is 0 Å². The van der Waals surface area contributed by atoms with Gasteiger partial charge >= 0.3 is 0 Å². The number of benzene rings is 2. The smallest absolute Gasteiger partial charge is 0.166 e. The molecule has 0 aliphatic heterocycles. The minimum Gasteiger partial charge on any atom is -0.505 e. The van der Waals surface area contributed by atoms with E-state index < -0.39 is 0 Å². The van der Waals surface area contributed by atoms with Crippen LogP contribution in [-0.4, -0.2) is 15.9 Å². The predicted octanol–water partition coefficient (Wildman–Crippen LogP) is 4.92. The number of fused-ring (bicyclic) bond motifs is 1. The van der Waals surface area contributed by atoms with Crippen LogP contribution in [0.1, 0.15) is 34.8 Å². The van der Waals surface area contributed by atoms with Gasteiger partial charge in [-0.2, -0.15) is 0 Å². The van der Waals surface area contributed by atoms with Gasteiger partial charge in [0.1, 0.15) is 11.3 Å². The fraction of sp³-hybridized carbons (Fsp3) is 0.158. The van der Waals surface area contributed by atoms with E-state index in [2.05, 4.69) is 4.98 Å². The number of aromatic nitrogens is 1. The average Bonchev–Trinajstić information content (AvgIpc) is 2.59. The second-order valence-corrected chi connectivity index (χ2v) is 5.98. The standard InChI is InChI=1S/C19H15ClFNO2/c1-2-17(23)15-9-16(20)14-8-12(10-22-18(14)19(15)24)7-11-3-5-13(21)6-4-11/h3-6,8-10,24H,2,7H2,1H3. The number of ketones is 1. The van der Waals surface area contributed by atoms with E-state index in [1.54, 1.807) is 25.3 Å². The van der Waals surface area contributed by atoms with E-state index in [0.29, 0.717) is 22.3 Å². The highest BCUT2D eigenvalue weighted by atomic mass is 35.5. The number of rotatable bonds is 4. The Kier molecular flexibility index (Phi) is 4.49. The maximum Gasteiger partial charge on any atom is 0.166 e. The van der Waals surface area contributed by atoms with E-state index in [1.165, 1.54) is 18.2 Å². The van der Waals surface area contributed by atoms with Gasteiger partial charge in [0, 0.05) is 18.0 Å². The summed E-state index contributed by atoms with van der Waals surface area (Å²) in [5.74, 6) is -0.612. The average molecular weight is 344 g/mol. The number of nitrogens with zero attached hydrogens (tertiary/aromatic N) is 1. The monoisotopic (exact) mass is 343 g/mol. The Morgan fingerprint density at radius 1 is 1.21 bits per heavy atom. The van der Waals surface area contributed by atoms with Crippen molar-refractivity contribution in [2.45, 2.75) is 19.8 Å². The van der Waals surface area contributed by atoms with E-state index >= 15 is 0 Å². The third kappa shape index (κ3) is 3.10. The number of carbonyl (C=O) groups excluding carboxylic acids is 1. The van der Waals surface area contributed by atoms with Crippen molar-refractivity contribution in [3.05, 3.63) is 70.1 Å². The first kappa shape index (κ1) is 16.4. The molecule has 0 saturated heterocycles. The third-order valence-electron chi connectivity index (χ3n) is 3.90. The quantitative estimate of drug-likeness (QED) is 0.684. The largest absolute Gasteiger partial charge is 0.505 e. The number of halogens is 2. The van der Waals surface area contributed by atoms with Gasteiger partial charge in [-0.3, -0.25) is 9.78 Å². The molecule has 0 radical (unpaired) electrons. The van der Waals surface area contributed by atoms with Gasteiger partial charge in [-0.05, 0) is 41.8 Å². The highest BCUT2D eigenvalue weighted by Gasteiger charge is 2.16. The highest BCUT2D eigenvalue weighted by Crippen LogP contribution is 2.34. The van der Waals surface area contributed by atoms with Crippen LogP contribution in [0.5, 0.6) is 5.75 Å². The molecule has 2 aromatic carbocycles. The number of phenols is 1. The lowest BCUT2D eigenvalue weighted by molar-refractivity contribution is 0.0986. The molecule has 3 nitrogen and oxygen atoms in total.